The molecule has 0 aliphatic heterocycles. The SMILES string of the molecule is CC(C)(C)CC(=O)N(CCCOc1ccc(CC(Nc2ccccc2C(=O)c2ccccc2)C(=O)O)cc1)c1ccccc1. The van der Waals surface area contributed by atoms with Crippen molar-refractivity contribution in [3.8, 4) is 5.75 Å². The highest BCUT2D eigenvalue weighted by molar-refractivity contribution is 6.12. The fraction of sp³-hybridized carbons (Fsp3) is 0.270. The van der Waals surface area contributed by atoms with Gasteiger partial charge in [0.05, 0.1) is 6.61 Å². The van der Waals surface area contributed by atoms with Crippen LogP contribution < -0.4 is 15.0 Å². The Kier molecular flexibility index (Phi) is 10.9. The number of amides is 1. The largest absolute Gasteiger partial charge is 0.494 e. The summed E-state index contributed by atoms with van der Waals surface area (Å²) in [6.07, 6.45) is 1.31. The van der Waals surface area contributed by atoms with E-state index in [1.165, 1.54) is 0 Å². The van der Waals surface area contributed by atoms with Crippen molar-refractivity contribution < 1.29 is 24.2 Å². The van der Waals surface area contributed by atoms with Crippen LogP contribution >= 0.6 is 0 Å². The molecule has 0 saturated heterocycles. The smallest absolute Gasteiger partial charge is 0.326 e. The Labute approximate surface area is 259 Å². The lowest BCUT2D eigenvalue weighted by atomic mass is 9.91. The summed E-state index contributed by atoms with van der Waals surface area (Å²) >= 11 is 0. The number of nitrogens with zero attached hydrogens (tertiary/aromatic N) is 1. The molecule has 0 saturated carbocycles. The first-order chi connectivity index (χ1) is 21.1. The molecular weight excluding hydrogens is 552 g/mol. The molecule has 0 aliphatic rings. The van der Waals surface area contributed by atoms with Crippen LogP contribution in [0.25, 0.3) is 0 Å². The van der Waals surface area contributed by atoms with Gasteiger partial charge in [-0.25, -0.2) is 4.79 Å². The van der Waals surface area contributed by atoms with Crippen molar-refractivity contribution in [2.45, 2.75) is 46.1 Å². The molecule has 0 spiro atoms. The summed E-state index contributed by atoms with van der Waals surface area (Å²) < 4.78 is 5.95. The lowest BCUT2D eigenvalue weighted by Crippen LogP contribution is -2.35. The van der Waals surface area contributed by atoms with Crippen LogP contribution in [0.15, 0.2) is 109 Å². The summed E-state index contributed by atoms with van der Waals surface area (Å²) in [4.78, 5) is 40.2. The lowest BCUT2D eigenvalue weighted by Gasteiger charge is -2.27. The van der Waals surface area contributed by atoms with Crippen LogP contribution in [-0.4, -0.2) is 42.0 Å². The summed E-state index contributed by atoms with van der Waals surface area (Å²) in [6.45, 7) is 7.14. The highest BCUT2D eigenvalue weighted by Gasteiger charge is 2.23. The number of para-hydroxylation sites is 2. The van der Waals surface area contributed by atoms with Gasteiger partial charge in [-0.2, -0.15) is 0 Å². The first-order valence-corrected chi connectivity index (χ1v) is 14.9. The van der Waals surface area contributed by atoms with Crippen LogP contribution in [0.5, 0.6) is 5.75 Å². The van der Waals surface area contributed by atoms with Gasteiger partial charge in [-0.1, -0.05) is 93.6 Å². The van der Waals surface area contributed by atoms with Gasteiger partial charge in [-0.05, 0) is 53.8 Å². The summed E-state index contributed by atoms with van der Waals surface area (Å²) in [6, 6.07) is 31.9. The minimum atomic E-state index is -1.02. The van der Waals surface area contributed by atoms with Crippen molar-refractivity contribution in [2.75, 3.05) is 23.4 Å². The number of carboxylic acid groups (broad SMARTS) is 1. The summed E-state index contributed by atoms with van der Waals surface area (Å²) in [5.74, 6) is -0.442. The summed E-state index contributed by atoms with van der Waals surface area (Å²) in [7, 11) is 0. The van der Waals surface area contributed by atoms with Crippen LogP contribution in [-0.2, 0) is 16.0 Å². The molecule has 228 valence electrons. The van der Waals surface area contributed by atoms with E-state index in [4.69, 9.17) is 4.74 Å². The average molecular weight is 593 g/mol. The van der Waals surface area contributed by atoms with Gasteiger partial charge in [-0.3, -0.25) is 9.59 Å². The van der Waals surface area contributed by atoms with Crippen molar-refractivity contribution in [3.05, 3.63) is 126 Å². The van der Waals surface area contributed by atoms with Crippen molar-refractivity contribution >= 4 is 29.0 Å². The third-order valence-electron chi connectivity index (χ3n) is 7.04. The second-order valence-corrected chi connectivity index (χ2v) is 11.9. The minimum absolute atomic E-state index is 0.0849. The van der Waals surface area contributed by atoms with Gasteiger partial charge in [0.25, 0.3) is 0 Å². The zero-order chi connectivity index (χ0) is 31.5. The van der Waals surface area contributed by atoms with E-state index in [0.717, 1.165) is 11.3 Å². The number of benzene rings is 4. The van der Waals surface area contributed by atoms with Gasteiger partial charge in [-0.15, -0.1) is 0 Å². The molecule has 2 N–H and O–H groups in total. The topological polar surface area (TPSA) is 95.9 Å². The Morgan fingerprint density at radius 3 is 2.07 bits per heavy atom. The maximum Gasteiger partial charge on any atom is 0.326 e. The number of hydrogen-bond acceptors (Lipinski definition) is 5. The third-order valence-corrected chi connectivity index (χ3v) is 7.04. The van der Waals surface area contributed by atoms with E-state index >= 15 is 0 Å². The van der Waals surface area contributed by atoms with Gasteiger partial charge in [0, 0.05) is 41.9 Å². The van der Waals surface area contributed by atoms with Crippen LogP contribution in [0.4, 0.5) is 11.4 Å². The molecule has 4 aromatic rings. The Hall–Kier alpha value is -4.91. The maximum atomic E-state index is 13.1. The number of hydrogen-bond donors (Lipinski definition) is 2. The number of ketones is 1. The highest BCUT2D eigenvalue weighted by atomic mass is 16.5. The fourth-order valence-corrected chi connectivity index (χ4v) is 4.86. The number of carboxylic acids is 1. The van der Waals surface area contributed by atoms with E-state index < -0.39 is 12.0 Å². The molecule has 44 heavy (non-hydrogen) atoms. The Bertz CT molecular complexity index is 1530. The quantitative estimate of drug-likeness (QED) is 0.118. The Morgan fingerprint density at radius 2 is 1.43 bits per heavy atom. The standard InChI is InChI=1S/C37H40N2O5/c1-37(2,3)26-34(40)39(29-15-8-5-9-16-29)23-12-24-44-30-21-19-27(20-22-30)25-33(36(42)43)38-32-18-11-10-17-31(32)35(41)28-13-6-4-7-14-28/h4-11,13-22,33,38H,12,23-26H2,1-3H3,(H,42,43). The Morgan fingerprint density at radius 1 is 0.818 bits per heavy atom. The molecule has 0 fully saturated rings. The molecule has 7 heteroatoms. The molecule has 1 atom stereocenters. The molecule has 4 aromatic carbocycles. The van der Waals surface area contributed by atoms with Gasteiger partial charge in [0.15, 0.2) is 5.78 Å². The van der Waals surface area contributed by atoms with Gasteiger partial charge in [0.1, 0.15) is 11.8 Å². The first-order valence-electron chi connectivity index (χ1n) is 14.9. The molecule has 1 amide bonds. The molecule has 0 aromatic heterocycles. The number of carbonyl (C=O) groups excluding carboxylic acids is 2. The lowest BCUT2D eigenvalue weighted by molar-refractivity contribution is -0.137. The van der Waals surface area contributed by atoms with E-state index in [2.05, 4.69) is 26.1 Å². The number of nitrogens with one attached hydrogen (secondary N) is 1. The number of rotatable bonds is 14. The average Bonchev–Trinajstić information content (AvgIpc) is 3.01. The molecule has 7 nitrogen and oxygen atoms in total. The maximum absolute atomic E-state index is 13.1. The molecule has 0 heterocycles. The molecule has 4 rings (SSSR count). The number of anilines is 2. The zero-order valence-corrected chi connectivity index (χ0v) is 25.5. The predicted octanol–water partition coefficient (Wildman–Crippen LogP) is 7.26. The number of ether oxygens (including phenoxy) is 1. The molecule has 0 aliphatic carbocycles. The highest BCUT2D eigenvalue weighted by Crippen LogP contribution is 2.24. The second kappa shape index (κ2) is 15.0. The molecular formula is C37H40N2O5. The van der Waals surface area contributed by atoms with E-state index in [9.17, 15) is 19.5 Å². The van der Waals surface area contributed by atoms with Crippen LogP contribution in [0, 0.1) is 5.41 Å². The minimum Gasteiger partial charge on any atom is -0.494 e. The van der Waals surface area contributed by atoms with E-state index in [0.29, 0.717) is 48.6 Å². The van der Waals surface area contributed by atoms with Gasteiger partial charge >= 0.3 is 5.97 Å². The first kappa shape index (κ1) is 32.0. The molecule has 1 unspecified atom stereocenters. The van der Waals surface area contributed by atoms with Crippen molar-refractivity contribution in [1.82, 2.24) is 0 Å². The third kappa shape index (κ3) is 9.30. The second-order valence-electron chi connectivity index (χ2n) is 11.9. The van der Waals surface area contributed by atoms with E-state index in [1.54, 1.807) is 48.5 Å². The number of carbonyl (C=O) groups is 3. The summed E-state index contributed by atoms with van der Waals surface area (Å²) in [5.41, 5.74) is 3.00. The van der Waals surface area contributed by atoms with Crippen molar-refractivity contribution in [2.24, 2.45) is 5.41 Å². The van der Waals surface area contributed by atoms with Crippen LogP contribution in [0.1, 0.15) is 55.1 Å². The molecule has 0 bridgehead atoms. The zero-order valence-electron chi connectivity index (χ0n) is 25.5. The van der Waals surface area contributed by atoms with Crippen molar-refractivity contribution in [1.29, 1.82) is 0 Å². The fourth-order valence-electron chi connectivity index (χ4n) is 4.86. The van der Waals surface area contributed by atoms with Crippen LogP contribution in [0.3, 0.4) is 0 Å². The van der Waals surface area contributed by atoms with Gasteiger partial charge in [0.2, 0.25) is 5.91 Å². The molecule has 0 radical (unpaired) electrons. The van der Waals surface area contributed by atoms with Crippen molar-refractivity contribution in [3.63, 3.8) is 0 Å². The monoisotopic (exact) mass is 592 g/mol. The summed E-state index contributed by atoms with van der Waals surface area (Å²) in [5, 5.41) is 13.0. The predicted molar refractivity (Wildman–Crippen MR) is 174 cm³/mol. The Balaban J connectivity index is 1.34. The van der Waals surface area contributed by atoms with Gasteiger partial charge < -0.3 is 20.1 Å². The normalized spacial score (nSPS) is 11.8. The number of aliphatic carboxylic acids is 1. The van der Waals surface area contributed by atoms with E-state index in [-0.39, 0.29) is 23.5 Å². The van der Waals surface area contributed by atoms with Crippen LogP contribution in [0.2, 0.25) is 0 Å². The van der Waals surface area contributed by atoms with E-state index in [1.807, 2.05) is 65.6 Å².